The van der Waals surface area contributed by atoms with Gasteiger partial charge in [-0.3, -0.25) is 4.79 Å². The fourth-order valence-electron chi connectivity index (χ4n) is 3.17. The SMILES string of the molecule is CCCCCN(C(=O)C1CCC(N)CC1C)C(C)C. The lowest BCUT2D eigenvalue weighted by Gasteiger charge is -2.37. The van der Waals surface area contributed by atoms with Gasteiger partial charge in [-0.2, -0.15) is 0 Å². The van der Waals surface area contributed by atoms with Crippen molar-refractivity contribution in [2.45, 2.75) is 78.3 Å². The first-order chi connectivity index (χ1) is 8.97. The zero-order chi connectivity index (χ0) is 14.4. The lowest BCUT2D eigenvalue weighted by molar-refractivity contribution is -0.140. The van der Waals surface area contributed by atoms with Gasteiger partial charge in [-0.15, -0.1) is 0 Å². The van der Waals surface area contributed by atoms with Gasteiger partial charge in [-0.25, -0.2) is 0 Å². The number of nitrogens with two attached hydrogens (primary N) is 1. The second-order valence-corrected chi connectivity index (χ2v) is 6.49. The van der Waals surface area contributed by atoms with Crippen LogP contribution in [0.2, 0.25) is 0 Å². The molecule has 1 rings (SSSR count). The average molecular weight is 268 g/mol. The quantitative estimate of drug-likeness (QED) is 0.752. The van der Waals surface area contributed by atoms with E-state index in [9.17, 15) is 4.79 Å². The molecule has 3 atom stereocenters. The molecule has 1 fully saturated rings. The Kier molecular flexibility index (Phi) is 6.84. The third-order valence-corrected chi connectivity index (χ3v) is 4.44. The lowest BCUT2D eigenvalue weighted by Crippen LogP contribution is -2.46. The summed E-state index contributed by atoms with van der Waals surface area (Å²) in [5, 5.41) is 0. The first kappa shape index (κ1) is 16.5. The van der Waals surface area contributed by atoms with Gasteiger partial charge in [0.1, 0.15) is 0 Å². The normalized spacial score (nSPS) is 27.6. The highest BCUT2D eigenvalue weighted by atomic mass is 16.2. The Morgan fingerprint density at radius 1 is 1.32 bits per heavy atom. The number of nitrogens with zero attached hydrogens (tertiary/aromatic N) is 1. The maximum absolute atomic E-state index is 12.7. The van der Waals surface area contributed by atoms with Crippen LogP contribution in [0, 0.1) is 11.8 Å². The fraction of sp³-hybridized carbons (Fsp3) is 0.938. The number of hydrogen-bond acceptors (Lipinski definition) is 2. The number of carbonyl (C=O) groups is 1. The highest BCUT2D eigenvalue weighted by molar-refractivity contribution is 5.79. The van der Waals surface area contributed by atoms with Crippen molar-refractivity contribution in [2.24, 2.45) is 17.6 Å². The molecular weight excluding hydrogens is 236 g/mol. The predicted octanol–water partition coefficient (Wildman–Crippen LogP) is 3.18. The summed E-state index contributed by atoms with van der Waals surface area (Å²) in [5.41, 5.74) is 6.00. The van der Waals surface area contributed by atoms with Gasteiger partial charge in [0.25, 0.3) is 0 Å². The van der Waals surface area contributed by atoms with Crippen LogP contribution in [0.15, 0.2) is 0 Å². The molecule has 1 amide bonds. The Balaban J connectivity index is 2.60. The van der Waals surface area contributed by atoms with Gasteiger partial charge >= 0.3 is 0 Å². The van der Waals surface area contributed by atoms with Gasteiger partial charge in [-0.1, -0.05) is 26.7 Å². The van der Waals surface area contributed by atoms with E-state index in [0.717, 1.165) is 32.2 Å². The van der Waals surface area contributed by atoms with Crippen LogP contribution in [0.4, 0.5) is 0 Å². The summed E-state index contributed by atoms with van der Waals surface area (Å²) >= 11 is 0. The first-order valence-corrected chi connectivity index (χ1v) is 8.03. The van der Waals surface area contributed by atoms with Crippen LogP contribution in [-0.2, 0) is 4.79 Å². The minimum atomic E-state index is 0.198. The van der Waals surface area contributed by atoms with Crippen LogP contribution in [0.3, 0.4) is 0 Å². The van der Waals surface area contributed by atoms with Gasteiger partial charge < -0.3 is 10.6 Å². The van der Waals surface area contributed by atoms with Crippen LogP contribution < -0.4 is 5.73 Å². The molecule has 3 nitrogen and oxygen atoms in total. The largest absolute Gasteiger partial charge is 0.340 e. The van der Waals surface area contributed by atoms with E-state index in [4.69, 9.17) is 5.73 Å². The van der Waals surface area contributed by atoms with Crippen molar-refractivity contribution < 1.29 is 4.79 Å². The third-order valence-electron chi connectivity index (χ3n) is 4.44. The van der Waals surface area contributed by atoms with Crippen molar-refractivity contribution in [3.8, 4) is 0 Å². The molecule has 0 aromatic rings. The van der Waals surface area contributed by atoms with Gasteiger partial charge in [0.15, 0.2) is 0 Å². The minimum Gasteiger partial charge on any atom is -0.340 e. The van der Waals surface area contributed by atoms with E-state index in [1.807, 2.05) is 0 Å². The molecule has 2 N–H and O–H groups in total. The Labute approximate surface area is 118 Å². The summed E-state index contributed by atoms with van der Waals surface area (Å²) in [7, 11) is 0. The van der Waals surface area contributed by atoms with E-state index in [0.29, 0.717) is 23.9 Å². The van der Waals surface area contributed by atoms with E-state index in [1.54, 1.807) is 0 Å². The van der Waals surface area contributed by atoms with Crippen LogP contribution in [0.5, 0.6) is 0 Å². The molecular formula is C16H32N2O. The topological polar surface area (TPSA) is 46.3 Å². The molecule has 0 spiro atoms. The second-order valence-electron chi connectivity index (χ2n) is 6.49. The Morgan fingerprint density at radius 2 is 2.00 bits per heavy atom. The molecule has 1 aliphatic carbocycles. The fourth-order valence-corrected chi connectivity index (χ4v) is 3.17. The van der Waals surface area contributed by atoms with Crippen molar-refractivity contribution in [1.82, 2.24) is 4.90 Å². The van der Waals surface area contributed by atoms with Crippen molar-refractivity contribution in [3.05, 3.63) is 0 Å². The van der Waals surface area contributed by atoms with Crippen LogP contribution in [-0.4, -0.2) is 29.4 Å². The number of amides is 1. The highest BCUT2D eigenvalue weighted by Gasteiger charge is 2.34. The summed E-state index contributed by atoms with van der Waals surface area (Å²) < 4.78 is 0. The molecule has 112 valence electrons. The van der Waals surface area contributed by atoms with Crippen molar-refractivity contribution in [2.75, 3.05) is 6.54 Å². The number of hydrogen-bond donors (Lipinski definition) is 1. The van der Waals surface area contributed by atoms with Gasteiger partial charge in [0.05, 0.1) is 0 Å². The summed E-state index contributed by atoms with van der Waals surface area (Å²) in [6.45, 7) is 9.56. The molecule has 0 saturated heterocycles. The molecule has 0 bridgehead atoms. The van der Waals surface area contributed by atoms with Gasteiger partial charge in [-0.05, 0) is 45.4 Å². The molecule has 0 aliphatic heterocycles. The molecule has 3 unspecified atom stereocenters. The van der Waals surface area contributed by atoms with E-state index in [-0.39, 0.29) is 5.92 Å². The molecule has 1 saturated carbocycles. The summed E-state index contributed by atoms with van der Waals surface area (Å²) in [6.07, 6.45) is 6.51. The summed E-state index contributed by atoms with van der Waals surface area (Å²) in [5.74, 6) is 0.998. The summed E-state index contributed by atoms with van der Waals surface area (Å²) in [6, 6.07) is 0.610. The van der Waals surface area contributed by atoms with Gasteiger partial charge in [0, 0.05) is 24.5 Å². The standard InChI is InChI=1S/C16H32N2O/c1-5-6-7-10-18(12(2)3)16(19)15-9-8-14(17)11-13(15)4/h12-15H,5-11,17H2,1-4H3. The average Bonchev–Trinajstić information content (AvgIpc) is 2.33. The zero-order valence-corrected chi connectivity index (χ0v) is 13.2. The zero-order valence-electron chi connectivity index (χ0n) is 13.2. The Hall–Kier alpha value is -0.570. The lowest BCUT2D eigenvalue weighted by atomic mass is 9.77. The Morgan fingerprint density at radius 3 is 2.53 bits per heavy atom. The van der Waals surface area contributed by atoms with E-state index >= 15 is 0 Å². The van der Waals surface area contributed by atoms with Crippen LogP contribution in [0.25, 0.3) is 0 Å². The maximum atomic E-state index is 12.7. The maximum Gasteiger partial charge on any atom is 0.226 e. The minimum absolute atomic E-state index is 0.198. The highest BCUT2D eigenvalue weighted by Crippen LogP contribution is 2.31. The van der Waals surface area contributed by atoms with Crippen LogP contribution >= 0.6 is 0 Å². The molecule has 1 aliphatic rings. The molecule has 0 heterocycles. The van der Waals surface area contributed by atoms with Crippen molar-refractivity contribution in [1.29, 1.82) is 0 Å². The van der Waals surface area contributed by atoms with Gasteiger partial charge in [0.2, 0.25) is 5.91 Å². The monoisotopic (exact) mass is 268 g/mol. The molecule has 19 heavy (non-hydrogen) atoms. The van der Waals surface area contributed by atoms with Crippen molar-refractivity contribution >= 4 is 5.91 Å². The summed E-state index contributed by atoms with van der Waals surface area (Å²) in [4.78, 5) is 14.8. The number of rotatable bonds is 6. The predicted molar refractivity (Wildman–Crippen MR) is 80.9 cm³/mol. The smallest absolute Gasteiger partial charge is 0.226 e. The van der Waals surface area contributed by atoms with E-state index < -0.39 is 0 Å². The molecule has 3 heteroatoms. The third kappa shape index (κ3) is 4.79. The second kappa shape index (κ2) is 7.88. The Bertz CT molecular complexity index is 278. The first-order valence-electron chi connectivity index (χ1n) is 8.03. The number of unbranched alkanes of at least 4 members (excludes halogenated alkanes) is 2. The molecule has 0 aromatic carbocycles. The number of carbonyl (C=O) groups excluding carboxylic acids is 1. The molecule has 0 radical (unpaired) electrons. The van der Waals surface area contributed by atoms with E-state index in [1.165, 1.54) is 12.8 Å². The van der Waals surface area contributed by atoms with Crippen LogP contribution in [0.1, 0.15) is 66.2 Å². The molecule has 0 aromatic heterocycles. The van der Waals surface area contributed by atoms with E-state index in [2.05, 4.69) is 32.6 Å². The van der Waals surface area contributed by atoms with Crippen molar-refractivity contribution in [3.63, 3.8) is 0 Å².